The van der Waals surface area contributed by atoms with Gasteiger partial charge in [-0.25, -0.2) is 0 Å². The molecule has 1 unspecified atom stereocenters. The minimum atomic E-state index is -0.260. The lowest BCUT2D eigenvalue weighted by Crippen LogP contribution is -2.31. The third kappa shape index (κ3) is 3.65. The number of benzene rings is 3. The quantitative estimate of drug-likeness (QED) is 0.575. The van der Waals surface area contributed by atoms with Crippen LogP contribution in [0, 0.1) is 0 Å². The van der Waals surface area contributed by atoms with Crippen molar-refractivity contribution in [2.75, 3.05) is 6.54 Å². The Morgan fingerprint density at radius 3 is 1.36 bits per heavy atom. The average Bonchev–Trinajstić information content (AvgIpc) is 2.71. The zero-order chi connectivity index (χ0) is 17.5. The topological polar surface area (TPSA) is 26.0 Å². The predicted molar refractivity (Wildman–Crippen MR) is 110 cm³/mol. The molecule has 1 nitrogen and oxygen atoms in total. The van der Waals surface area contributed by atoms with E-state index in [1.54, 1.807) is 0 Å². The Balaban J connectivity index is 2.27. The predicted octanol–water partition coefficient (Wildman–Crippen LogP) is 5.45. The highest BCUT2D eigenvalue weighted by Crippen LogP contribution is 2.50. The Morgan fingerprint density at radius 1 is 0.720 bits per heavy atom. The molecule has 0 aromatic heterocycles. The molecule has 0 fully saturated rings. The average molecular weight is 348 g/mol. The smallest absolute Gasteiger partial charge is 0.0910 e. The lowest BCUT2D eigenvalue weighted by molar-refractivity contribution is 0.800. The van der Waals surface area contributed by atoms with Crippen molar-refractivity contribution in [3.8, 4) is 0 Å². The summed E-state index contributed by atoms with van der Waals surface area (Å²) in [6.07, 6.45) is 1.05. The summed E-state index contributed by atoms with van der Waals surface area (Å²) in [5.41, 5.74) is 9.99. The largest absolute Gasteiger partial charge is 0.329 e. The number of nitrogens with two attached hydrogens (primary N) is 1. The van der Waals surface area contributed by atoms with Gasteiger partial charge in [-0.15, -0.1) is 11.8 Å². The van der Waals surface area contributed by atoms with Gasteiger partial charge in [0.25, 0.3) is 0 Å². The van der Waals surface area contributed by atoms with Crippen LogP contribution in [0.15, 0.2) is 91.0 Å². The van der Waals surface area contributed by atoms with Gasteiger partial charge in [0.2, 0.25) is 0 Å². The number of rotatable bonds is 7. The standard InChI is InChI=1S/C23H25NS/c1-2-22(18-24)25-23(19-12-6-3-7-13-19,20-14-8-4-9-15-20)21-16-10-5-11-17-21/h3-17,22H,2,18,24H2,1H3. The van der Waals surface area contributed by atoms with Crippen LogP contribution in [0.2, 0.25) is 0 Å². The first-order valence-electron chi connectivity index (χ1n) is 8.85. The van der Waals surface area contributed by atoms with Crippen molar-refractivity contribution in [1.29, 1.82) is 0 Å². The molecule has 0 aliphatic rings. The van der Waals surface area contributed by atoms with E-state index in [1.807, 2.05) is 11.8 Å². The zero-order valence-electron chi connectivity index (χ0n) is 14.6. The molecule has 2 N–H and O–H groups in total. The molecule has 25 heavy (non-hydrogen) atoms. The molecule has 0 saturated carbocycles. The second-order valence-electron chi connectivity index (χ2n) is 6.16. The van der Waals surface area contributed by atoms with Crippen molar-refractivity contribution in [1.82, 2.24) is 0 Å². The van der Waals surface area contributed by atoms with Crippen molar-refractivity contribution in [2.45, 2.75) is 23.3 Å². The molecule has 3 aromatic carbocycles. The number of hydrogen-bond acceptors (Lipinski definition) is 2. The summed E-state index contributed by atoms with van der Waals surface area (Å²) in [5, 5.41) is 0.389. The Hall–Kier alpha value is -2.03. The summed E-state index contributed by atoms with van der Waals surface area (Å²) in [6.45, 7) is 2.89. The van der Waals surface area contributed by atoms with Gasteiger partial charge < -0.3 is 5.73 Å². The summed E-state index contributed by atoms with van der Waals surface area (Å²) in [4.78, 5) is 0. The Labute approximate surface area is 155 Å². The molecule has 0 spiro atoms. The van der Waals surface area contributed by atoms with Crippen LogP contribution in [0.4, 0.5) is 0 Å². The molecule has 0 bridgehead atoms. The van der Waals surface area contributed by atoms with E-state index < -0.39 is 0 Å². The minimum Gasteiger partial charge on any atom is -0.329 e. The van der Waals surface area contributed by atoms with Gasteiger partial charge in [0, 0.05) is 11.8 Å². The fourth-order valence-electron chi connectivity index (χ4n) is 3.27. The van der Waals surface area contributed by atoms with Crippen LogP contribution in [0.5, 0.6) is 0 Å². The molecule has 0 aliphatic heterocycles. The van der Waals surface area contributed by atoms with Crippen molar-refractivity contribution in [3.05, 3.63) is 108 Å². The second kappa shape index (κ2) is 8.37. The minimum absolute atomic E-state index is 0.260. The zero-order valence-corrected chi connectivity index (χ0v) is 15.5. The van der Waals surface area contributed by atoms with Gasteiger partial charge in [-0.05, 0) is 23.1 Å². The van der Waals surface area contributed by atoms with E-state index in [0.29, 0.717) is 11.8 Å². The van der Waals surface area contributed by atoms with E-state index in [-0.39, 0.29) is 4.75 Å². The molecule has 1 atom stereocenters. The highest BCUT2D eigenvalue weighted by Gasteiger charge is 2.38. The van der Waals surface area contributed by atoms with Gasteiger partial charge >= 0.3 is 0 Å². The SMILES string of the molecule is CCC(CN)SC(c1ccccc1)(c1ccccc1)c1ccccc1. The summed E-state index contributed by atoms with van der Waals surface area (Å²) in [5.74, 6) is 0. The third-order valence-electron chi connectivity index (χ3n) is 4.60. The number of hydrogen-bond donors (Lipinski definition) is 1. The summed E-state index contributed by atoms with van der Waals surface area (Å²) < 4.78 is -0.260. The molecule has 0 saturated heterocycles. The van der Waals surface area contributed by atoms with E-state index >= 15 is 0 Å². The van der Waals surface area contributed by atoms with Gasteiger partial charge in [-0.1, -0.05) is 97.9 Å². The van der Waals surface area contributed by atoms with E-state index in [2.05, 4.69) is 97.9 Å². The maximum atomic E-state index is 6.10. The molecule has 0 amide bonds. The molecule has 0 radical (unpaired) electrons. The first-order valence-corrected chi connectivity index (χ1v) is 9.73. The maximum Gasteiger partial charge on any atom is 0.0910 e. The van der Waals surface area contributed by atoms with Crippen LogP contribution in [0.3, 0.4) is 0 Å². The van der Waals surface area contributed by atoms with E-state index in [4.69, 9.17) is 5.73 Å². The van der Waals surface area contributed by atoms with Crippen LogP contribution in [0.1, 0.15) is 30.0 Å². The Kier molecular flexibility index (Phi) is 5.95. The van der Waals surface area contributed by atoms with Gasteiger partial charge in [0.15, 0.2) is 0 Å². The van der Waals surface area contributed by atoms with Gasteiger partial charge in [0.1, 0.15) is 0 Å². The molecule has 3 rings (SSSR count). The van der Waals surface area contributed by atoms with Gasteiger partial charge in [-0.2, -0.15) is 0 Å². The van der Waals surface area contributed by atoms with Crippen molar-refractivity contribution in [2.24, 2.45) is 5.73 Å². The molecule has 3 aromatic rings. The number of thioether (sulfide) groups is 1. The first-order chi connectivity index (χ1) is 12.3. The normalized spacial score (nSPS) is 12.7. The van der Waals surface area contributed by atoms with Crippen LogP contribution < -0.4 is 5.73 Å². The van der Waals surface area contributed by atoms with E-state index in [9.17, 15) is 0 Å². The van der Waals surface area contributed by atoms with E-state index in [0.717, 1.165) is 6.42 Å². The summed E-state index contributed by atoms with van der Waals surface area (Å²) >= 11 is 1.97. The molecular formula is C23H25NS. The third-order valence-corrected chi connectivity index (χ3v) is 6.52. The Morgan fingerprint density at radius 2 is 1.08 bits per heavy atom. The van der Waals surface area contributed by atoms with Crippen LogP contribution >= 0.6 is 11.8 Å². The molecule has 0 heterocycles. The lowest BCUT2D eigenvalue weighted by atomic mass is 9.84. The Bertz CT molecular complexity index is 655. The molecule has 2 heteroatoms. The van der Waals surface area contributed by atoms with Gasteiger partial charge in [-0.3, -0.25) is 0 Å². The lowest BCUT2D eigenvalue weighted by Gasteiger charge is -2.38. The monoisotopic (exact) mass is 347 g/mol. The fourth-order valence-corrected chi connectivity index (χ4v) is 4.85. The van der Waals surface area contributed by atoms with Crippen molar-refractivity contribution in [3.63, 3.8) is 0 Å². The van der Waals surface area contributed by atoms with Crippen LogP contribution in [-0.2, 0) is 4.75 Å². The van der Waals surface area contributed by atoms with Crippen molar-refractivity contribution >= 4 is 11.8 Å². The second-order valence-corrected chi connectivity index (χ2v) is 7.68. The van der Waals surface area contributed by atoms with E-state index in [1.165, 1.54) is 16.7 Å². The molecular weight excluding hydrogens is 322 g/mol. The first kappa shape index (κ1) is 17.8. The summed E-state index contributed by atoms with van der Waals surface area (Å²) in [6, 6.07) is 32.4. The van der Waals surface area contributed by atoms with Crippen LogP contribution in [-0.4, -0.2) is 11.8 Å². The van der Waals surface area contributed by atoms with Gasteiger partial charge in [0.05, 0.1) is 4.75 Å². The van der Waals surface area contributed by atoms with Crippen molar-refractivity contribution < 1.29 is 0 Å². The summed E-state index contributed by atoms with van der Waals surface area (Å²) in [7, 11) is 0. The van der Waals surface area contributed by atoms with Crippen LogP contribution in [0.25, 0.3) is 0 Å². The highest BCUT2D eigenvalue weighted by molar-refractivity contribution is 8.01. The maximum absolute atomic E-state index is 6.10. The molecule has 0 aliphatic carbocycles. The fraction of sp³-hybridized carbons (Fsp3) is 0.217. The molecule has 128 valence electrons. The highest BCUT2D eigenvalue weighted by atomic mass is 32.2.